The van der Waals surface area contributed by atoms with E-state index < -0.39 is 11.7 Å². The van der Waals surface area contributed by atoms with Crippen molar-refractivity contribution in [2.24, 2.45) is 0 Å². The van der Waals surface area contributed by atoms with Crippen LogP contribution in [0, 0.1) is 0 Å². The number of fused-ring (bicyclic) bond motifs is 4. The van der Waals surface area contributed by atoms with Gasteiger partial charge in [0.1, 0.15) is 0 Å². The maximum Gasteiger partial charge on any atom is 0.416 e. The van der Waals surface area contributed by atoms with Gasteiger partial charge in [0.25, 0.3) is 0 Å². The molecule has 0 unspecified atom stereocenters. The molecule has 306 valence electrons. The van der Waals surface area contributed by atoms with E-state index in [1.165, 1.54) is 45.1 Å². The van der Waals surface area contributed by atoms with Gasteiger partial charge in [0.05, 0.1) is 41.5 Å². The highest BCUT2D eigenvalue weighted by Gasteiger charge is 2.33. The van der Waals surface area contributed by atoms with Crippen LogP contribution in [0.4, 0.5) is 35.9 Å². The molecule has 0 bridgehead atoms. The smallest absolute Gasteiger partial charge is 0.395 e. The Morgan fingerprint density at radius 3 is 1.35 bits per heavy atom. The predicted octanol–water partition coefficient (Wildman–Crippen LogP) is 8.25. The predicted molar refractivity (Wildman–Crippen MR) is 227 cm³/mol. The van der Waals surface area contributed by atoms with Gasteiger partial charge >= 0.3 is 6.18 Å². The zero-order valence-corrected chi connectivity index (χ0v) is 34.6. The van der Waals surface area contributed by atoms with Crippen molar-refractivity contribution in [2.75, 3.05) is 115 Å². The van der Waals surface area contributed by atoms with Crippen LogP contribution in [0.25, 0.3) is 0 Å². The zero-order chi connectivity index (χ0) is 39.8. The molecular weight excluding hydrogens is 789 g/mol. The van der Waals surface area contributed by atoms with Crippen molar-refractivity contribution >= 4 is 57.9 Å². The highest BCUT2D eigenvalue weighted by atomic mass is 35.5. The van der Waals surface area contributed by atoms with E-state index >= 15 is 0 Å². The van der Waals surface area contributed by atoms with Crippen LogP contribution in [0.1, 0.15) is 18.4 Å². The van der Waals surface area contributed by atoms with E-state index in [4.69, 9.17) is 21.8 Å². The van der Waals surface area contributed by atoms with E-state index in [-0.39, 0.29) is 13.2 Å². The Kier molecular flexibility index (Phi) is 14.7. The fraction of sp³-hybridized carbons (Fsp3) is 0.442. The molecule has 0 spiro atoms. The van der Waals surface area contributed by atoms with Crippen molar-refractivity contribution in [3.8, 4) is 0 Å². The summed E-state index contributed by atoms with van der Waals surface area (Å²) in [4.78, 5) is 18.5. The number of aliphatic hydroxyl groups excluding tert-OH is 2. The molecular formula is C43H52ClF3N6O2S2. The summed E-state index contributed by atoms with van der Waals surface area (Å²) < 4.78 is 39.9. The Bertz CT molecular complexity index is 1930. The number of hydrogen-bond acceptors (Lipinski definition) is 10. The average Bonchev–Trinajstić information content (AvgIpc) is 3.21. The minimum atomic E-state index is -4.35. The number of para-hydroxylation sites is 2. The third-order valence-corrected chi connectivity index (χ3v) is 13.5. The number of alkyl halides is 3. The number of anilines is 4. The Morgan fingerprint density at radius 2 is 0.895 bits per heavy atom. The summed E-state index contributed by atoms with van der Waals surface area (Å²) in [5, 5.41) is 18.9. The molecule has 2 fully saturated rings. The van der Waals surface area contributed by atoms with Gasteiger partial charge in [0, 0.05) is 103 Å². The summed E-state index contributed by atoms with van der Waals surface area (Å²) in [6, 6.07) is 26.8. The number of piperazine rings is 2. The Morgan fingerprint density at radius 1 is 0.491 bits per heavy atom. The van der Waals surface area contributed by atoms with Gasteiger partial charge in [-0.3, -0.25) is 9.80 Å². The maximum absolute atomic E-state index is 13.3. The number of benzene rings is 4. The van der Waals surface area contributed by atoms with Gasteiger partial charge in [-0.1, -0.05) is 59.4 Å². The van der Waals surface area contributed by atoms with Crippen LogP contribution in [-0.4, -0.2) is 135 Å². The fourth-order valence-corrected chi connectivity index (χ4v) is 10.3. The Hall–Kier alpha value is -2.98. The van der Waals surface area contributed by atoms with Gasteiger partial charge in [-0.2, -0.15) is 13.2 Å². The quantitative estimate of drug-likeness (QED) is 0.146. The van der Waals surface area contributed by atoms with Crippen molar-refractivity contribution in [3.05, 3.63) is 95.5 Å². The van der Waals surface area contributed by atoms with E-state index in [2.05, 4.69) is 60.9 Å². The first-order valence-corrected chi connectivity index (χ1v) is 21.9. The topological polar surface area (TPSA) is 59.9 Å². The molecule has 0 aliphatic carbocycles. The van der Waals surface area contributed by atoms with E-state index in [9.17, 15) is 13.2 Å². The Labute approximate surface area is 348 Å². The molecule has 0 saturated carbocycles. The van der Waals surface area contributed by atoms with Crippen LogP contribution >= 0.6 is 35.1 Å². The number of aliphatic hydroxyl groups is 2. The third-order valence-electron chi connectivity index (χ3n) is 11.0. The first-order chi connectivity index (χ1) is 27.7. The van der Waals surface area contributed by atoms with Crippen LogP contribution in [0.2, 0.25) is 5.02 Å². The van der Waals surface area contributed by atoms with E-state index in [0.29, 0.717) is 18.8 Å². The minimum Gasteiger partial charge on any atom is -0.395 e. The lowest BCUT2D eigenvalue weighted by Crippen LogP contribution is -2.47. The first kappa shape index (κ1) is 42.2. The SMILES string of the molecule is OCCN1CCN(CCCN2c3ccccc3Sc3ccc(C(F)(F)F)cc32)CC1.OCCN1CCN(CCCN2c3ccccc3Sc3ccc(Cl)cc32)CC1. The van der Waals surface area contributed by atoms with Crippen LogP contribution in [-0.2, 0) is 6.18 Å². The van der Waals surface area contributed by atoms with Crippen LogP contribution in [0.3, 0.4) is 0 Å². The fourth-order valence-electron chi connectivity index (χ4n) is 7.95. The van der Waals surface area contributed by atoms with E-state index in [1.807, 2.05) is 47.0 Å². The summed E-state index contributed by atoms with van der Waals surface area (Å²) in [5.74, 6) is 0. The lowest BCUT2D eigenvalue weighted by atomic mass is 10.1. The molecule has 2 N–H and O–H groups in total. The van der Waals surface area contributed by atoms with Crippen molar-refractivity contribution in [1.29, 1.82) is 0 Å². The van der Waals surface area contributed by atoms with E-state index in [0.717, 1.165) is 112 Å². The normalized spacial score (nSPS) is 17.6. The highest BCUT2D eigenvalue weighted by Crippen LogP contribution is 2.50. The van der Waals surface area contributed by atoms with Gasteiger partial charge < -0.3 is 29.8 Å². The molecule has 14 heteroatoms. The van der Waals surface area contributed by atoms with Gasteiger partial charge in [0.15, 0.2) is 0 Å². The van der Waals surface area contributed by atoms with Gasteiger partial charge in [-0.25, -0.2) is 0 Å². The molecule has 0 radical (unpaired) electrons. The molecule has 4 aromatic rings. The lowest BCUT2D eigenvalue weighted by Gasteiger charge is -2.36. The average molecular weight is 842 g/mol. The standard InChI is InChI=1S/C22H26F3N3OS.C21H26ClN3OS/c23-22(24,25)17-6-7-21-19(16-17)28(18-4-1-2-5-20(18)30-21)9-3-8-26-10-12-27(13-11-26)14-15-29;22-17-6-7-21-19(16-17)25(18-4-1-2-5-20(18)27-21)9-3-8-23-10-12-24(13-11-23)14-15-26/h1-2,4-7,16,29H,3,8-15H2;1-2,4-7,16,26H,3,8-15H2. The summed E-state index contributed by atoms with van der Waals surface area (Å²) >= 11 is 9.65. The van der Waals surface area contributed by atoms with Crippen LogP contribution < -0.4 is 9.80 Å². The molecule has 8 nitrogen and oxygen atoms in total. The van der Waals surface area contributed by atoms with Gasteiger partial charge in [0.2, 0.25) is 0 Å². The summed E-state index contributed by atoms with van der Waals surface area (Å²) in [6.45, 7) is 13.7. The molecule has 4 aromatic carbocycles. The molecule has 0 atom stereocenters. The molecule has 4 heterocycles. The summed E-state index contributed by atoms with van der Waals surface area (Å²) in [5.41, 5.74) is 3.51. The summed E-state index contributed by atoms with van der Waals surface area (Å²) in [6.07, 6.45) is -2.36. The van der Waals surface area contributed by atoms with Crippen molar-refractivity contribution in [2.45, 2.75) is 38.6 Å². The molecule has 4 aliphatic heterocycles. The number of hydrogen-bond donors (Lipinski definition) is 2. The number of halogens is 4. The van der Waals surface area contributed by atoms with Gasteiger partial charge in [-0.05, 0) is 86.6 Å². The second-order valence-electron chi connectivity index (χ2n) is 14.8. The Balaban J connectivity index is 0.000000175. The third kappa shape index (κ3) is 10.8. The highest BCUT2D eigenvalue weighted by molar-refractivity contribution is 8.00. The maximum atomic E-state index is 13.3. The summed E-state index contributed by atoms with van der Waals surface area (Å²) in [7, 11) is 0. The second kappa shape index (κ2) is 19.8. The monoisotopic (exact) mass is 840 g/mol. The van der Waals surface area contributed by atoms with Crippen LogP contribution in [0.15, 0.2) is 105 Å². The first-order valence-electron chi connectivity index (χ1n) is 19.9. The van der Waals surface area contributed by atoms with E-state index in [1.54, 1.807) is 6.07 Å². The molecule has 8 rings (SSSR count). The zero-order valence-electron chi connectivity index (χ0n) is 32.2. The minimum absolute atomic E-state index is 0.186. The molecule has 2 saturated heterocycles. The van der Waals surface area contributed by atoms with Crippen molar-refractivity contribution in [1.82, 2.24) is 19.6 Å². The van der Waals surface area contributed by atoms with Crippen molar-refractivity contribution < 1.29 is 23.4 Å². The molecule has 4 aliphatic rings. The number of rotatable bonds is 12. The molecule has 57 heavy (non-hydrogen) atoms. The van der Waals surface area contributed by atoms with Crippen molar-refractivity contribution in [3.63, 3.8) is 0 Å². The molecule has 0 aromatic heterocycles. The van der Waals surface area contributed by atoms with Gasteiger partial charge in [-0.15, -0.1) is 0 Å². The largest absolute Gasteiger partial charge is 0.416 e. The number of nitrogens with zero attached hydrogens (tertiary/aromatic N) is 6. The second-order valence-corrected chi connectivity index (χ2v) is 17.4. The van der Waals surface area contributed by atoms with Crippen LogP contribution in [0.5, 0.6) is 0 Å². The molecule has 0 amide bonds. The lowest BCUT2D eigenvalue weighted by molar-refractivity contribution is -0.137. The number of β-amino-alcohol motifs (C(OH)–C–C–N with tert-alkyl or cyclic N) is 2.